The molecule has 9 heteroatoms. The Morgan fingerprint density at radius 3 is 2.43 bits per heavy atom. The Morgan fingerprint density at radius 1 is 1.07 bits per heavy atom. The maximum Gasteiger partial charge on any atom is 0.418 e. The van der Waals surface area contributed by atoms with E-state index in [1.807, 2.05) is 6.20 Å². The summed E-state index contributed by atoms with van der Waals surface area (Å²) < 4.78 is 40.7. The fourth-order valence-corrected chi connectivity index (χ4v) is 2.80. The molecule has 2 amide bonds. The van der Waals surface area contributed by atoms with E-state index in [1.54, 1.807) is 28.9 Å². The van der Waals surface area contributed by atoms with Crippen LogP contribution in [0.15, 0.2) is 54.7 Å². The first-order chi connectivity index (χ1) is 14.2. The molecule has 158 valence electrons. The van der Waals surface area contributed by atoms with Crippen LogP contribution in [0.2, 0.25) is 0 Å². The van der Waals surface area contributed by atoms with E-state index >= 15 is 0 Å². The van der Waals surface area contributed by atoms with Gasteiger partial charge in [0.25, 0.3) is 0 Å². The van der Waals surface area contributed by atoms with E-state index in [2.05, 4.69) is 34.8 Å². The topological polar surface area (TPSA) is 71.8 Å². The molecule has 30 heavy (non-hydrogen) atoms. The first-order valence-electron chi connectivity index (χ1n) is 9.48. The summed E-state index contributed by atoms with van der Waals surface area (Å²) in [5.41, 5.74) is 0.867. The van der Waals surface area contributed by atoms with Gasteiger partial charge in [0.05, 0.1) is 28.8 Å². The first kappa shape index (κ1) is 21.4. The Kier molecular flexibility index (Phi) is 6.39. The zero-order valence-electron chi connectivity index (χ0n) is 16.6. The molecule has 0 spiro atoms. The Balaban J connectivity index is 1.63. The van der Waals surface area contributed by atoms with Crippen LogP contribution in [0.25, 0.3) is 5.69 Å². The van der Waals surface area contributed by atoms with E-state index in [0.717, 1.165) is 30.3 Å². The van der Waals surface area contributed by atoms with E-state index in [9.17, 15) is 18.0 Å². The molecule has 0 bridgehead atoms. The molecule has 3 rings (SSSR count). The molecule has 0 aliphatic carbocycles. The van der Waals surface area contributed by atoms with E-state index in [4.69, 9.17) is 0 Å². The van der Waals surface area contributed by atoms with Crippen molar-refractivity contribution in [1.29, 1.82) is 0 Å². The highest BCUT2D eigenvalue weighted by Gasteiger charge is 2.33. The monoisotopic (exact) mass is 417 g/mol. The van der Waals surface area contributed by atoms with Gasteiger partial charge in [-0.2, -0.15) is 13.2 Å². The maximum absolute atomic E-state index is 13.0. The van der Waals surface area contributed by atoms with Gasteiger partial charge in [0.2, 0.25) is 0 Å². The molecule has 0 radical (unpaired) electrons. The number of nitrogens with zero attached hydrogens (tertiary/aromatic N) is 3. The number of amides is 2. The number of halogens is 3. The van der Waals surface area contributed by atoms with Gasteiger partial charge in [-0.1, -0.05) is 31.2 Å². The van der Waals surface area contributed by atoms with Gasteiger partial charge in [-0.15, -0.1) is 5.10 Å². The van der Waals surface area contributed by atoms with Gasteiger partial charge in [0.15, 0.2) is 0 Å². The average molecular weight is 417 g/mol. The zero-order valence-corrected chi connectivity index (χ0v) is 16.6. The molecular weight excluding hydrogens is 395 g/mol. The molecule has 6 nitrogen and oxygen atoms in total. The second-order valence-corrected chi connectivity index (χ2v) is 7.26. The molecular formula is C21H22F3N5O. The standard InChI is InChI=1S/C21H22F3N5O/c1-14(2)7-8-16-13-29(28-27-16)17-11-9-15(10-12-17)25-20(30)26-19-6-4-3-5-18(19)21(22,23)24/h3-6,9-14H,7-8H2,1-2H3,(H2,25,26,30). The van der Waals surface area contributed by atoms with Gasteiger partial charge in [-0.25, -0.2) is 9.48 Å². The molecule has 2 N–H and O–H groups in total. The van der Waals surface area contributed by atoms with Gasteiger partial charge < -0.3 is 10.6 Å². The fraction of sp³-hybridized carbons (Fsp3) is 0.286. The maximum atomic E-state index is 13.0. The van der Waals surface area contributed by atoms with Crippen molar-refractivity contribution < 1.29 is 18.0 Å². The average Bonchev–Trinajstić information content (AvgIpc) is 3.15. The number of benzene rings is 2. The summed E-state index contributed by atoms with van der Waals surface area (Å²) in [4.78, 5) is 12.1. The van der Waals surface area contributed by atoms with Crippen molar-refractivity contribution in [2.75, 3.05) is 10.6 Å². The highest BCUT2D eigenvalue weighted by atomic mass is 19.4. The molecule has 1 heterocycles. The number of carbonyl (C=O) groups excluding carboxylic acids is 1. The predicted molar refractivity (Wildman–Crippen MR) is 109 cm³/mol. The van der Waals surface area contributed by atoms with Crippen molar-refractivity contribution in [3.63, 3.8) is 0 Å². The highest BCUT2D eigenvalue weighted by molar-refractivity contribution is 6.00. The number of hydrogen-bond donors (Lipinski definition) is 2. The third kappa shape index (κ3) is 5.59. The van der Waals surface area contributed by atoms with Crippen LogP contribution in [0.1, 0.15) is 31.5 Å². The Bertz CT molecular complexity index is 996. The van der Waals surface area contributed by atoms with E-state index in [-0.39, 0.29) is 5.69 Å². The Morgan fingerprint density at radius 2 is 1.77 bits per heavy atom. The van der Waals surface area contributed by atoms with Crippen molar-refractivity contribution in [2.45, 2.75) is 32.9 Å². The van der Waals surface area contributed by atoms with Crippen LogP contribution in [0.4, 0.5) is 29.3 Å². The van der Waals surface area contributed by atoms with Crippen LogP contribution in [-0.4, -0.2) is 21.0 Å². The van der Waals surface area contributed by atoms with Gasteiger partial charge in [0.1, 0.15) is 0 Å². The van der Waals surface area contributed by atoms with Crippen LogP contribution in [0.3, 0.4) is 0 Å². The number of alkyl halides is 3. The molecule has 0 aliphatic heterocycles. The summed E-state index contributed by atoms with van der Waals surface area (Å²) >= 11 is 0. The molecule has 0 aliphatic rings. The number of urea groups is 1. The van der Waals surface area contributed by atoms with Crippen LogP contribution >= 0.6 is 0 Å². The van der Waals surface area contributed by atoms with Crippen molar-refractivity contribution in [3.8, 4) is 5.69 Å². The van der Waals surface area contributed by atoms with Crippen molar-refractivity contribution in [3.05, 3.63) is 66.0 Å². The number of rotatable bonds is 6. The zero-order chi connectivity index (χ0) is 21.7. The summed E-state index contributed by atoms with van der Waals surface area (Å²) in [7, 11) is 0. The molecule has 2 aromatic carbocycles. The highest BCUT2D eigenvalue weighted by Crippen LogP contribution is 2.34. The Labute approximate surface area is 172 Å². The number of aromatic nitrogens is 3. The number of aryl methyl sites for hydroxylation is 1. The fourth-order valence-electron chi connectivity index (χ4n) is 2.80. The normalized spacial score (nSPS) is 11.5. The molecule has 0 saturated heterocycles. The Hall–Kier alpha value is -3.36. The lowest BCUT2D eigenvalue weighted by Crippen LogP contribution is -2.21. The van der Waals surface area contributed by atoms with Crippen molar-refractivity contribution in [1.82, 2.24) is 15.0 Å². The molecule has 1 aromatic heterocycles. The van der Waals surface area contributed by atoms with E-state index < -0.39 is 17.8 Å². The summed E-state index contributed by atoms with van der Waals surface area (Å²) in [5.74, 6) is 0.578. The number of hydrogen-bond acceptors (Lipinski definition) is 3. The van der Waals surface area contributed by atoms with Gasteiger partial charge in [0, 0.05) is 5.69 Å². The van der Waals surface area contributed by atoms with Crippen molar-refractivity contribution >= 4 is 17.4 Å². The quantitative estimate of drug-likeness (QED) is 0.555. The minimum absolute atomic E-state index is 0.310. The third-order valence-electron chi connectivity index (χ3n) is 4.39. The van der Waals surface area contributed by atoms with E-state index in [0.29, 0.717) is 11.6 Å². The van der Waals surface area contributed by atoms with Crippen LogP contribution in [0.5, 0.6) is 0 Å². The van der Waals surface area contributed by atoms with Crippen LogP contribution in [0, 0.1) is 5.92 Å². The minimum atomic E-state index is -4.56. The first-order valence-corrected chi connectivity index (χ1v) is 9.48. The summed E-state index contributed by atoms with van der Waals surface area (Å²) in [6, 6.07) is 10.8. The molecule has 0 saturated carbocycles. The number of para-hydroxylation sites is 1. The molecule has 3 aromatic rings. The molecule has 0 unspecified atom stereocenters. The SMILES string of the molecule is CC(C)CCc1cn(-c2ccc(NC(=O)Nc3ccccc3C(F)(F)F)cc2)nn1. The second kappa shape index (κ2) is 8.98. The summed E-state index contributed by atoms with van der Waals surface area (Å²) in [6.07, 6.45) is -0.839. The van der Waals surface area contributed by atoms with Crippen LogP contribution in [-0.2, 0) is 12.6 Å². The molecule has 0 fully saturated rings. The predicted octanol–water partition coefficient (Wildman–Crippen LogP) is 5.52. The largest absolute Gasteiger partial charge is 0.418 e. The molecule has 0 atom stereocenters. The van der Waals surface area contributed by atoms with Crippen LogP contribution < -0.4 is 10.6 Å². The van der Waals surface area contributed by atoms with Gasteiger partial charge in [-0.05, 0) is 55.2 Å². The van der Waals surface area contributed by atoms with Gasteiger partial charge in [-0.3, -0.25) is 0 Å². The third-order valence-corrected chi connectivity index (χ3v) is 4.39. The number of carbonyl (C=O) groups is 1. The smallest absolute Gasteiger partial charge is 0.308 e. The number of nitrogens with one attached hydrogen (secondary N) is 2. The summed E-state index contributed by atoms with van der Waals surface area (Å²) in [5, 5.41) is 13.0. The lowest BCUT2D eigenvalue weighted by Gasteiger charge is -2.14. The van der Waals surface area contributed by atoms with E-state index in [1.165, 1.54) is 18.2 Å². The lowest BCUT2D eigenvalue weighted by atomic mass is 10.1. The van der Waals surface area contributed by atoms with Crippen molar-refractivity contribution in [2.24, 2.45) is 5.92 Å². The number of anilines is 2. The second-order valence-electron chi connectivity index (χ2n) is 7.26. The lowest BCUT2D eigenvalue weighted by molar-refractivity contribution is -0.136. The minimum Gasteiger partial charge on any atom is -0.308 e. The van der Waals surface area contributed by atoms with Gasteiger partial charge >= 0.3 is 12.2 Å². The summed E-state index contributed by atoms with van der Waals surface area (Å²) in [6.45, 7) is 4.29.